The van der Waals surface area contributed by atoms with Gasteiger partial charge >= 0.3 is 0 Å². The standard InChI is InChI=1S/C12H18FN3O/c1-8(2)6-16-12(17)7-15-11-4-9(13)3-10(14)5-11/h3-5,8,15H,6-7,14H2,1-2H3,(H,16,17). The van der Waals surface area contributed by atoms with Gasteiger partial charge in [0.25, 0.3) is 0 Å². The quantitative estimate of drug-likeness (QED) is 0.684. The number of anilines is 2. The van der Waals surface area contributed by atoms with Crippen LogP contribution in [-0.2, 0) is 4.79 Å². The van der Waals surface area contributed by atoms with Crippen LogP contribution in [0.1, 0.15) is 13.8 Å². The predicted octanol–water partition coefficient (Wildman–Crippen LogP) is 1.59. The van der Waals surface area contributed by atoms with Crippen molar-refractivity contribution >= 4 is 17.3 Å². The van der Waals surface area contributed by atoms with Gasteiger partial charge in [-0.2, -0.15) is 0 Å². The molecule has 94 valence electrons. The fourth-order valence-electron chi connectivity index (χ4n) is 1.28. The molecule has 0 atom stereocenters. The van der Waals surface area contributed by atoms with E-state index >= 15 is 0 Å². The van der Waals surface area contributed by atoms with Crippen molar-refractivity contribution in [3.05, 3.63) is 24.0 Å². The van der Waals surface area contributed by atoms with Gasteiger partial charge < -0.3 is 16.4 Å². The smallest absolute Gasteiger partial charge is 0.239 e. The van der Waals surface area contributed by atoms with Gasteiger partial charge in [-0.05, 0) is 24.1 Å². The second-order valence-electron chi connectivity index (χ2n) is 4.32. The monoisotopic (exact) mass is 239 g/mol. The number of benzene rings is 1. The predicted molar refractivity (Wildman–Crippen MR) is 67.1 cm³/mol. The summed E-state index contributed by atoms with van der Waals surface area (Å²) in [6, 6.07) is 4.11. The van der Waals surface area contributed by atoms with Crippen molar-refractivity contribution in [3.63, 3.8) is 0 Å². The van der Waals surface area contributed by atoms with Crippen LogP contribution in [0.3, 0.4) is 0 Å². The zero-order valence-corrected chi connectivity index (χ0v) is 10.1. The molecule has 1 aromatic rings. The zero-order chi connectivity index (χ0) is 12.8. The third-order valence-corrected chi connectivity index (χ3v) is 2.08. The number of carbonyl (C=O) groups is 1. The Balaban J connectivity index is 2.42. The molecule has 0 aliphatic carbocycles. The van der Waals surface area contributed by atoms with Crippen LogP contribution in [0.4, 0.5) is 15.8 Å². The van der Waals surface area contributed by atoms with Crippen molar-refractivity contribution in [2.45, 2.75) is 13.8 Å². The number of hydrogen-bond acceptors (Lipinski definition) is 3. The van der Waals surface area contributed by atoms with Crippen molar-refractivity contribution < 1.29 is 9.18 Å². The molecule has 1 aromatic carbocycles. The molecule has 1 rings (SSSR count). The van der Waals surface area contributed by atoms with E-state index in [1.54, 1.807) is 6.07 Å². The van der Waals surface area contributed by atoms with E-state index in [4.69, 9.17) is 5.73 Å². The van der Waals surface area contributed by atoms with Crippen LogP contribution in [0.25, 0.3) is 0 Å². The lowest BCUT2D eigenvalue weighted by molar-refractivity contribution is -0.119. The van der Waals surface area contributed by atoms with Crippen molar-refractivity contribution in [2.24, 2.45) is 5.92 Å². The summed E-state index contributed by atoms with van der Waals surface area (Å²) in [5.41, 5.74) is 6.31. The van der Waals surface area contributed by atoms with Crippen LogP contribution >= 0.6 is 0 Å². The van der Waals surface area contributed by atoms with Gasteiger partial charge in [-0.15, -0.1) is 0 Å². The lowest BCUT2D eigenvalue weighted by atomic mass is 10.2. The third-order valence-electron chi connectivity index (χ3n) is 2.08. The average molecular weight is 239 g/mol. The Hall–Kier alpha value is -1.78. The molecule has 0 aromatic heterocycles. The molecule has 4 N–H and O–H groups in total. The van der Waals surface area contributed by atoms with Crippen molar-refractivity contribution in [2.75, 3.05) is 24.1 Å². The number of carbonyl (C=O) groups excluding carboxylic acids is 1. The molecule has 0 heterocycles. The van der Waals surface area contributed by atoms with Crippen LogP contribution in [0, 0.1) is 11.7 Å². The van der Waals surface area contributed by atoms with Gasteiger partial charge in [0.15, 0.2) is 0 Å². The largest absolute Gasteiger partial charge is 0.399 e. The molecule has 0 radical (unpaired) electrons. The lowest BCUT2D eigenvalue weighted by Gasteiger charge is -2.09. The average Bonchev–Trinajstić information content (AvgIpc) is 2.22. The minimum atomic E-state index is -0.421. The molecule has 0 fully saturated rings. The van der Waals surface area contributed by atoms with Crippen LogP contribution in [0.2, 0.25) is 0 Å². The maximum Gasteiger partial charge on any atom is 0.239 e. The molecule has 0 aliphatic heterocycles. The normalized spacial score (nSPS) is 10.4. The zero-order valence-electron chi connectivity index (χ0n) is 10.1. The summed E-state index contributed by atoms with van der Waals surface area (Å²) in [5, 5.41) is 5.57. The molecule has 0 aliphatic rings. The van der Waals surface area contributed by atoms with Crippen molar-refractivity contribution in [3.8, 4) is 0 Å². The van der Waals surface area contributed by atoms with Gasteiger partial charge in [0, 0.05) is 17.9 Å². The highest BCUT2D eigenvalue weighted by Gasteiger charge is 2.03. The fourth-order valence-corrected chi connectivity index (χ4v) is 1.28. The van der Waals surface area contributed by atoms with E-state index in [0.29, 0.717) is 23.8 Å². The number of nitrogens with two attached hydrogens (primary N) is 1. The molecule has 0 spiro atoms. The highest BCUT2D eigenvalue weighted by atomic mass is 19.1. The minimum absolute atomic E-state index is 0.107. The molecular formula is C12H18FN3O. The van der Waals surface area contributed by atoms with E-state index in [-0.39, 0.29) is 12.5 Å². The van der Waals surface area contributed by atoms with Gasteiger partial charge in [-0.25, -0.2) is 4.39 Å². The summed E-state index contributed by atoms with van der Waals surface area (Å²) in [5.74, 6) is -0.139. The summed E-state index contributed by atoms with van der Waals surface area (Å²) in [6.07, 6.45) is 0. The molecule has 4 nitrogen and oxygen atoms in total. The number of rotatable bonds is 5. The Bertz CT molecular complexity index is 373. The van der Waals surface area contributed by atoms with Gasteiger partial charge in [0.05, 0.1) is 6.54 Å². The van der Waals surface area contributed by atoms with E-state index in [9.17, 15) is 9.18 Å². The Morgan fingerprint density at radius 3 is 2.71 bits per heavy atom. The molecule has 0 saturated carbocycles. The molecular weight excluding hydrogens is 221 g/mol. The molecule has 1 amide bonds. The summed E-state index contributed by atoms with van der Waals surface area (Å²) in [7, 11) is 0. The van der Waals surface area contributed by atoms with Crippen LogP contribution in [0.15, 0.2) is 18.2 Å². The highest BCUT2D eigenvalue weighted by molar-refractivity contribution is 5.80. The highest BCUT2D eigenvalue weighted by Crippen LogP contribution is 2.14. The summed E-state index contributed by atoms with van der Waals surface area (Å²) in [6.45, 7) is 4.77. The van der Waals surface area contributed by atoms with Crippen LogP contribution in [0.5, 0.6) is 0 Å². The topological polar surface area (TPSA) is 67.2 Å². The van der Waals surface area contributed by atoms with Gasteiger partial charge in [0.2, 0.25) is 5.91 Å². The number of nitrogens with one attached hydrogen (secondary N) is 2. The van der Waals surface area contributed by atoms with E-state index in [1.165, 1.54) is 12.1 Å². The van der Waals surface area contributed by atoms with E-state index in [0.717, 1.165) is 0 Å². The third kappa shape index (κ3) is 5.19. The first-order chi connectivity index (χ1) is 7.97. The van der Waals surface area contributed by atoms with Gasteiger partial charge in [-0.3, -0.25) is 4.79 Å². The minimum Gasteiger partial charge on any atom is -0.399 e. The van der Waals surface area contributed by atoms with Gasteiger partial charge in [0.1, 0.15) is 5.82 Å². The van der Waals surface area contributed by atoms with E-state index in [2.05, 4.69) is 10.6 Å². The fraction of sp³-hybridized carbons (Fsp3) is 0.417. The maximum atomic E-state index is 13.0. The summed E-state index contributed by atoms with van der Waals surface area (Å²) in [4.78, 5) is 11.4. The number of hydrogen-bond donors (Lipinski definition) is 3. The van der Waals surface area contributed by atoms with Gasteiger partial charge in [-0.1, -0.05) is 13.8 Å². The molecule has 0 unspecified atom stereocenters. The SMILES string of the molecule is CC(C)CNC(=O)CNc1cc(N)cc(F)c1. The second kappa shape index (κ2) is 6.08. The Kier molecular flexibility index (Phi) is 4.75. The second-order valence-corrected chi connectivity index (χ2v) is 4.32. The molecule has 5 heteroatoms. The van der Waals surface area contributed by atoms with Crippen LogP contribution < -0.4 is 16.4 Å². The molecule has 0 bridgehead atoms. The van der Waals surface area contributed by atoms with Crippen molar-refractivity contribution in [1.82, 2.24) is 5.32 Å². The first-order valence-electron chi connectivity index (χ1n) is 5.54. The lowest BCUT2D eigenvalue weighted by Crippen LogP contribution is -2.32. The van der Waals surface area contributed by atoms with E-state index < -0.39 is 5.82 Å². The Morgan fingerprint density at radius 2 is 2.12 bits per heavy atom. The Labute approximate surface area is 100 Å². The molecule has 17 heavy (non-hydrogen) atoms. The maximum absolute atomic E-state index is 13.0. The summed E-state index contributed by atoms with van der Waals surface area (Å²) < 4.78 is 13.0. The first-order valence-corrected chi connectivity index (χ1v) is 5.54. The Morgan fingerprint density at radius 1 is 1.41 bits per heavy atom. The summed E-state index contributed by atoms with van der Waals surface area (Å²) >= 11 is 0. The number of nitrogen functional groups attached to an aromatic ring is 1. The molecule has 0 saturated heterocycles. The first kappa shape index (κ1) is 13.3. The van der Waals surface area contributed by atoms with Crippen molar-refractivity contribution in [1.29, 1.82) is 0 Å². The van der Waals surface area contributed by atoms with Crippen LogP contribution in [-0.4, -0.2) is 19.0 Å². The number of amides is 1. The van der Waals surface area contributed by atoms with E-state index in [1.807, 2.05) is 13.8 Å². The number of halogens is 1.